The molecule has 0 bridgehead atoms. The number of benzene rings is 1. The van der Waals surface area contributed by atoms with Gasteiger partial charge in [0.2, 0.25) is 10.0 Å². The summed E-state index contributed by atoms with van der Waals surface area (Å²) in [6, 6.07) is 5.03. The Morgan fingerprint density at radius 3 is 2.70 bits per heavy atom. The Bertz CT molecular complexity index is 705. The third kappa shape index (κ3) is 3.76. The molecule has 2 rings (SSSR count). The molecule has 1 heterocycles. The number of nitrogen functional groups attached to an aromatic ring is 1. The predicted molar refractivity (Wildman–Crippen MR) is 88.9 cm³/mol. The molecule has 0 unspecified atom stereocenters. The van der Waals surface area contributed by atoms with E-state index < -0.39 is 16.1 Å². The zero-order valence-electron chi connectivity index (χ0n) is 13.8. The molecule has 1 amide bonds. The quantitative estimate of drug-likeness (QED) is 0.814. The van der Waals surface area contributed by atoms with Crippen LogP contribution in [0.3, 0.4) is 0 Å². The summed E-state index contributed by atoms with van der Waals surface area (Å²) in [6.45, 7) is 2.58. The first kappa shape index (κ1) is 17.6. The minimum atomic E-state index is -3.32. The number of para-hydroxylation sites is 1. The van der Waals surface area contributed by atoms with Crippen molar-refractivity contribution in [3.05, 3.63) is 23.8 Å². The van der Waals surface area contributed by atoms with Crippen LogP contribution in [-0.2, 0) is 10.0 Å². The van der Waals surface area contributed by atoms with E-state index in [1.54, 1.807) is 30.1 Å². The molecule has 1 aromatic carbocycles. The van der Waals surface area contributed by atoms with Gasteiger partial charge in [-0.2, -0.15) is 0 Å². The van der Waals surface area contributed by atoms with Gasteiger partial charge >= 0.3 is 0 Å². The number of fused-ring (bicyclic) bond motifs is 1. The van der Waals surface area contributed by atoms with Crippen LogP contribution in [0.25, 0.3) is 0 Å². The third-order valence-corrected chi connectivity index (χ3v) is 5.37. The molecular formula is C15H23N3O4S. The highest BCUT2D eigenvalue weighted by Crippen LogP contribution is 2.32. The summed E-state index contributed by atoms with van der Waals surface area (Å²) in [5, 5.41) is 0. The van der Waals surface area contributed by atoms with Crippen molar-refractivity contribution in [2.24, 2.45) is 5.92 Å². The van der Waals surface area contributed by atoms with Gasteiger partial charge in [0.05, 0.1) is 24.1 Å². The minimum absolute atomic E-state index is 0.0547. The number of hydrogen-bond donors (Lipinski definition) is 1. The number of carbonyl (C=O) groups is 1. The lowest BCUT2D eigenvalue weighted by atomic mass is 10.0. The first-order valence-electron chi connectivity index (χ1n) is 7.33. The third-order valence-electron chi connectivity index (χ3n) is 4.09. The standard InChI is InChI=1S/C15H23N3O4S/c1-10-8-17(2)15(19)11-6-5-7-12(16)14(11)22-13(10)9-18(3)23(4,20)21/h5-7,10,13H,8-9,16H2,1-4H3/t10-,13-/m1/s1. The Morgan fingerprint density at radius 2 is 2.09 bits per heavy atom. The van der Waals surface area contributed by atoms with Crippen molar-refractivity contribution in [3.63, 3.8) is 0 Å². The summed E-state index contributed by atoms with van der Waals surface area (Å²) in [6.07, 6.45) is 0.743. The lowest BCUT2D eigenvalue weighted by Gasteiger charge is -2.34. The van der Waals surface area contributed by atoms with Crippen LogP contribution >= 0.6 is 0 Å². The Morgan fingerprint density at radius 1 is 1.43 bits per heavy atom. The molecule has 128 valence electrons. The zero-order chi connectivity index (χ0) is 17.4. The molecular weight excluding hydrogens is 318 g/mol. The second kappa shape index (κ2) is 6.37. The van der Waals surface area contributed by atoms with E-state index in [2.05, 4.69) is 0 Å². The van der Waals surface area contributed by atoms with Crippen LogP contribution in [0.5, 0.6) is 5.75 Å². The highest BCUT2D eigenvalue weighted by molar-refractivity contribution is 7.88. The van der Waals surface area contributed by atoms with E-state index in [0.717, 1.165) is 6.26 Å². The fourth-order valence-corrected chi connectivity index (χ4v) is 2.98. The van der Waals surface area contributed by atoms with Gasteiger partial charge in [0.1, 0.15) is 6.10 Å². The van der Waals surface area contributed by atoms with Crippen molar-refractivity contribution in [2.75, 3.05) is 39.2 Å². The number of nitrogens with zero attached hydrogens (tertiary/aromatic N) is 2. The zero-order valence-corrected chi connectivity index (χ0v) is 14.6. The summed E-state index contributed by atoms with van der Waals surface area (Å²) in [7, 11) is -0.0919. The number of rotatable bonds is 3. The second-order valence-electron chi connectivity index (χ2n) is 6.09. The van der Waals surface area contributed by atoms with E-state index in [9.17, 15) is 13.2 Å². The van der Waals surface area contributed by atoms with Crippen LogP contribution in [0.2, 0.25) is 0 Å². The molecule has 0 radical (unpaired) electrons. The molecule has 23 heavy (non-hydrogen) atoms. The average molecular weight is 341 g/mol. The number of amides is 1. The molecule has 0 saturated carbocycles. The number of nitrogens with two attached hydrogens (primary N) is 1. The smallest absolute Gasteiger partial charge is 0.257 e. The van der Waals surface area contributed by atoms with Crippen LogP contribution in [0.4, 0.5) is 5.69 Å². The molecule has 1 aliphatic rings. The number of sulfonamides is 1. The predicted octanol–water partition coefficient (Wildman–Crippen LogP) is 0.629. The number of carbonyl (C=O) groups excluding carboxylic acids is 1. The number of likely N-dealkylation sites (N-methyl/N-ethyl adjacent to an activating group) is 1. The van der Waals surface area contributed by atoms with Crippen LogP contribution in [-0.4, -0.2) is 63.1 Å². The second-order valence-corrected chi connectivity index (χ2v) is 8.18. The average Bonchev–Trinajstić information content (AvgIpc) is 2.45. The first-order valence-corrected chi connectivity index (χ1v) is 9.18. The Balaban J connectivity index is 2.41. The molecule has 0 aliphatic carbocycles. The lowest BCUT2D eigenvalue weighted by molar-refractivity contribution is 0.0607. The molecule has 1 aliphatic heterocycles. The summed E-state index contributed by atoms with van der Waals surface area (Å²) >= 11 is 0. The number of anilines is 1. The van der Waals surface area contributed by atoms with E-state index in [-0.39, 0.29) is 18.4 Å². The molecule has 0 saturated heterocycles. The summed E-state index contributed by atoms with van der Waals surface area (Å²) < 4.78 is 30.6. The fraction of sp³-hybridized carbons (Fsp3) is 0.533. The van der Waals surface area contributed by atoms with E-state index in [1.807, 2.05) is 6.92 Å². The largest absolute Gasteiger partial charge is 0.486 e. The Labute approximate surface area is 137 Å². The van der Waals surface area contributed by atoms with Gasteiger partial charge in [-0.05, 0) is 12.1 Å². The van der Waals surface area contributed by atoms with Crippen LogP contribution in [0.1, 0.15) is 17.3 Å². The highest BCUT2D eigenvalue weighted by Gasteiger charge is 2.31. The molecule has 2 atom stereocenters. The maximum Gasteiger partial charge on any atom is 0.257 e. The fourth-order valence-electron chi connectivity index (χ4n) is 2.57. The topological polar surface area (TPSA) is 92.9 Å². The molecule has 0 aromatic heterocycles. The summed E-state index contributed by atoms with van der Waals surface area (Å²) in [5.41, 5.74) is 6.73. The normalized spacial score (nSPS) is 22.3. The molecule has 8 heteroatoms. The van der Waals surface area contributed by atoms with Gasteiger partial charge in [-0.3, -0.25) is 4.79 Å². The van der Waals surface area contributed by atoms with E-state index >= 15 is 0 Å². The van der Waals surface area contributed by atoms with Gasteiger partial charge in [-0.15, -0.1) is 0 Å². The van der Waals surface area contributed by atoms with Crippen molar-refractivity contribution >= 4 is 21.6 Å². The summed E-state index contributed by atoms with van der Waals surface area (Å²) in [5.74, 6) is 0.109. The molecule has 2 N–H and O–H groups in total. The Hall–Kier alpha value is -1.80. The molecule has 1 aromatic rings. The van der Waals surface area contributed by atoms with Crippen molar-refractivity contribution in [1.82, 2.24) is 9.21 Å². The van der Waals surface area contributed by atoms with Gasteiger partial charge in [0.15, 0.2) is 5.75 Å². The van der Waals surface area contributed by atoms with Gasteiger partial charge in [-0.1, -0.05) is 13.0 Å². The maximum absolute atomic E-state index is 12.5. The van der Waals surface area contributed by atoms with Crippen molar-refractivity contribution in [1.29, 1.82) is 0 Å². The lowest BCUT2D eigenvalue weighted by Crippen LogP contribution is -2.46. The molecule has 0 spiro atoms. The van der Waals surface area contributed by atoms with Crippen LogP contribution in [0.15, 0.2) is 18.2 Å². The molecule has 0 fully saturated rings. The van der Waals surface area contributed by atoms with Crippen molar-refractivity contribution in [2.45, 2.75) is 13.0 Å². The SMILES string of the molecule is C[C@@H]1CN(C)C(=O)c2cccc(N)c2O[C@@H]1CN(C)S(C)(=O)=O. The minimum Gasteiger partial charge on any atom is -0.486 e. The first-order chi connectivity index (χ1) is 10.6. The van der Waals surface area contributed by atoms with Gasteiger partial charge in [0.25, 0.3) is 5.91 Å². The number of ether oxygens (including phenoxy) is 1. The van der Waals surface area contributed by atoms with Crippen molar-refractivity contribution in [3.8, 4) is 5.75 Å². The van der Waals surface area contributed by atoms with Crippen LogP contribution < -0.4 is 10.5 Å². The Kier molecular flexibility index (Phi) is 4.86. The van der Waals surface area contributed by atoms with Gasteiger partial charge in [-0.25, -0.2) is 12.7 Å². The van der Waals surface area contributed by atoms with E-state index in [1.165, 1.54) is 11.4 Å². The van der Waals surface area contributed by atoms with Crippen molar-refractivity contribution < 1.29 is 17.9 Å². The van der Waals surface area contributed by atoms with Crippen LogP contribution in [0, 0.1) is 5.92 Å². The van der Waals surface area contributed by atoms with E-state index in [0.29, 0.717) is 23.5 Å². The summed E-state index contributed by atoms with van der Waals surface area (Å²) in [4.78, 5) is 14.1. The van der Waals surface area contributed by atoms with E-state index in [4.69, 9.17) is 10.5 Å². The van der Waals surface area contributed by atoms with Gasteiger partial charge in [0, 0.05) is 26.6 Å². The molecule has 7 nitrogen and oxygen atoms in total. The monoisotopic (exact) mass is 341 g/mol. The maximum atomic E-state index is 12.5. The highest BCUT2D eigenvalue weighted by atomic mass is 32.2. The number of hydrogen-bond acceptors (Lipinski definition) is 5. The van der Waals surface area contributed by atoms with Gasteiger partial charge < -0.3 is 15.4 Å².